The molecular weight excluding hydrogens is 568 g/mol. The highest BCUT2D eigenvalue weighted by atomic mass is 16.5. The number of nitrogens with two attached hydrogens (primary N) is 1. The van der Waals surface area contributed by atoms with E-state index in [9.17, 15) is 19.8 Å². The Morgan fingerprint density at radius 3 is 1.87 bits per heavy atom. The minimum absolute atomic E-state index is 0.0159. The van der Waals surface area contributed by atoms with E-state index in [4.69, 9.17) is 15.2 Å². The van der Waals surface area contributed by atoms with Crippen molar-refractivity contribution in [2.75, 3.05) is 33.4 Å². The summed E-state index contributed by atoms with van der Waals surface area (Å²) in [5.41, 5.74) is 6.87. The third kappa shape index (κ3) is 9.82. The van der Waals surface area contributed by atoms with E-state index in [2.05, 4.69) is 6.92 Å². The van der Waals surface area contributed by atoms with E-state index < -0.39 is 17.4 Å². The van der Waals surface area contributed by atoms with Gasteiger partial charge in [-0.05, 0) is 44.7 Å². The summed E-state index contributed by atoms with van der Waals surface area (Å²) < 4.78 is 11.7. The van der Waals surface area contributed by atoms with Crippen LogP contribution in [0.15, 0.2) is 40.7 Å². The normalized spacial score (nSPS) is 16.9. The number of methoxy groups -OCH3 is 1. The number of nitrogens with zero attached hydrogens (tertiary/aromatic N) is 1. The van der Waals surface area contributed by atoms with Crippen molar-refractivity contribution in [1.29, 1.82) is 0 Å². The fraction of sp³-hybridized carbons (Fsp3) is 0.676. The molecule has 254 valence electrons. The van der Waals surface area contributed by atoms with E-state index in [-0.39, 0.29) is 30.8 Å². The number of unbranched alkanes of at least 4 members (excludes halogenated alkanes) is 12. The number of rotatable bonds is 24. The van der Waals surface area contributed by atoms with E-state index in [0.717, 1.165) is 24.8 Å². The predicted octanol–water partition coefficient (Wildman–Crippen LogP) is 7.98. The van der Waals surface area contributed by atoms with Crippen molar-refractivity contribution in [3.05, 3.63) is 51.9 Å². The lowest BCUT2D eigenvalue weighted by molar-refractivity contribution is -0.134. The third-order valence-corrected chi connectivity index (χ3v) is 9.32. The summed E-state index contributed by atoms with van der Waals surface area (Å²) >= 11 is 0. The quantitative estimate of drug-likeness (QED) is 0.0985. The molecule has 1 atom stereocenters. The van der Waals surface area contributed by atoms with Crippen molar-refractivity contribution >= 4 is 11.9 Å². The van der Waals surface area contributed by atoms with E-state index in [1.54, 1.807) is 18.9 Å². The zero-order valence-corrected chi connectivity index (χ0v) is 28.7. The molecule has 0 aliphatic carbocycles. The lowest BCUT2D eigenvalue weighted by Gasteiger charge is -2.46. The summed E-state index contributed by atoms with van der Waals surface area (Å²) in [6, 6.07) is 5.73. The Hall–Kier alpha value is -2.84. The Morgan fingerprint density at radius 1 is 0.844 bits per heavy atom. The molecule has 0 saturated heterocycles. The molecule has 1 aromatic rings. The van der Waals surface area contributed by atoms with Crippen LogP contribution in [0.25, 0.3) is 0 Å². The second-order valence-corrected chi connectivity index (χ2v) is 12.2. The summed E-state index contributed by atoms with van der Waals surface area (Å²) in [5.74, 6) is -1.79. The lowest BCUT2D eigenvalue weighted by atomic mass is 9.62. The number of benzene rings is 1. The minimum Gasteiger partial charge on any atom is -0.496 e. The van der Waals surface area contributed by atoms with E-state index in [1.807, 2.05) is 32.0 Å². The highest BCUT2D eigenvalue weighted by Gasteiger charge is 2.53. The fourth-order valence-electron chi connectivity index (χ4n) is 7.18. The Morgan fingerprint density at radius 2 is 1.40 bits per heavy atom. The fourth-order valence-corrected chi connectivity index (χ4v) is 7.18. The minimum atomic E-state index is -1.44. The SMILES string of the molecule is CCCCCCCCCCCCCCCc1cccc(OC)c1C1(CC)C(C(=O)O)=C(C)N(CC)C(COCCN)=C1C(=O)O. The van der Waals surface area contributed by atoms with Crippen LogP contribution in [0.2, 0.25) is 0 Å². The first-order valence-corrected chi connectivity index (χ1v) is 17.4. The summed E-state index contributed by atoms with van der Waals surface area (Å²) in [5, 5.41) is 21.5. The average molecular weight is 629 g/mol. The molecule has 1 heterocycles. The molecule has 1 aliphatic heterocycles. The van der Waals surface area contributed by atoms with Crippen molar-refractivity contribution in [2.45, 2.75) is 129 Å². The number of carboxylic acid groups (broad SMARTS) is 2. The zero-order chi connectivity index (χ0) is 33.2. The van der Waals surface area contributed by atoms with Crippen molar-refractivity contribution in [1.82, 2.24) is 4.90 Å². The summed E-state index contributed by atoms with van der Waals surface area (Å²) in [4.78, 5) is 28.1. The Kier molecular flexibility index (Phi) is 17.3. The number of likely N-dealkylation sites (N-methyl/N-ethyl adjacent to an activating group) is 1. The van der Waals surface area contributed by atoms with Gasteiger partial charge in [0.2, 0.25) is 0 Å². The number of allylic oxidation sites excluding steroid dienone is 1. The van der Waals surface area contributed by atoms with Gasteiger partial charge in [0, 0.05) is 24.4 Å². The van der Waals surface area contributed by atoms with Gasteiger partial charge in [-0.1, -0.05) is 103 Å². The third-order valence-electron chi connectivity index (χ3n) is 9.32. The molecule has 2 rings (SSSR count). The molecule has 0 fully saturated rings. The number of aryl methyl sites for hydroxylation is 1. The molecule has 1 aliphatic rings. The molecule has 0 aromatic heterocycles. The Labute approximate surface area is 272 Å². The number of aliphatic carboxylic acids is 2. The maximum absolute atomic E-state index is 13.3. The molecule has 1 unspecified atom stereocenters. The average Bonchev–Trinajstić information content (AvgIpc) is 3.02. The number of hydrogen-bond donors (Lipinski definition) is 3. The van der Waals surface area contributed by atoms with E-state index in [1.165, 1.54) is 64.2 Å². The van der Waals surface area contributed by atoms with Gasteiger partial charge in [-0.3, -0.25) is 0 Å². The van der Waals surface area contributed by atoms with Gasteiger partial charge in [0.25, 0.3) is 0 Å². The second-order valence-electron chi connectivity index (χ2n) is 12.2. The summed E-state index contributed by atoms with van der Waals surface area (Å²) in [6.07, 6.45) is 17.3. The number of hydrogen-bond acceptors (Lipinski definition) is 6. The largest absolute Gasteiger partial charge is 0.496 e. The van der Waals surface area contributed by atoms with Gasteiger partial charge in [-0.2, -0.15) is 0 Å². The number of carbonyl (C=O) groups is 2. The van der Waals surface area contributed by atoms with Crippen molar-refractivity contribution in [2.24, 2.45) is 5.73 Å². The number of carboxylic acids is 2. The molecule has 0 amide bonds. The molecule has 0 radical (unpaired) electrons. The lowest BCUT2D eigenvalue weighted by Crippen LogP contribution is -2.47. The molecular formula is C37H60N2O6. The maximum atomic E-state index is 13.3. The van der Waals surface area contributed by atoms with Crippen LogP contribution in [0.1, 0.15) is 129 Å². The highest BCUT2D eigenvalue weighted by Crippen LogP contribution is 2.53. The molecule has 45 heavy (non-hydrogen) atoms. The van der Waals surface area contributed by atoms with Gasteiger partial charge >= 0.3 is 11.9 Å². The van der Waals surface area contributed by atoms with Gasteiger partial charge in [-0.25, -0.2) is 9.59 Å². The van der Waals surface area contributed by atoms with Crippen LogP contribution in [-0.4, -0.2) is 60.5 Å². The topological polar surface area (TPSA) is 122 Å². The molecule has 4 N–H and O–H groups in total. The summed E-state index contributed by atoms with van der Waals surface area (Å²) in [7, 11) is 1.56. The first-order valence-electron chi connectivity index (χ1n) is 17.4. The van der Waals surface area contributed by atoms with Crippen molar-refractivity contribution in [3.8, 4) is 5.75 Å². The monoisotopic (exact) mass is 628 g/mol. The molecule has 0 bridgehead atoms. The molecule has 0 saturated carbocycles. The molecule has 8 nitrogen and oxygen atoms in total. The Balaban J connectivity index is 2.36. The first-order chi connectivity index (χ1) is 21.8. The van der Waals surface area contributed by atoms with Crippen LogP contribution in [0.4, 0.5) is 0 Å². The van der Waals surface area contributed by atoms with E-state index >= 15 is 0 Å². The van der Waals surface area contributed by atoms with Crippen LogP contribution in [0, 0.1) is 0 Å². The van der Waals surface area contributed by atoms with Crippen LogP contribution in [0.5, 0.6) is 5.75 Å². The van der Waals surface area contributed by atoms with Crippen LogP contribution in [0.3, 0.4) is 0 Å². The standard InChI is InChI=1S/C37H60N2O6/c1-6-9-10-11-12-13-14-15-16-17-18-19-20-22-29-23-21-24-31(44-5)33(29)37(7-2)32(35(40)41)28(4)39(8-3)30(27-45-26-25-38)34(37)36(42)43/h21,23-24H,6-20,22,25-27,38H2,1-5H3,(H,40,41)(H,42,43). The highest BCUT2D eigenvalue weighted by molar-refractivity contribution is 6.01. The Bertz CT molecular complexity index is 1140. The van der Waals surface area contributed by atoms with Gasteiger partial charge in [0.05, 0.1) is 42.6 Å². The molecule has 0 spiro atoms. The van der Waals surface area contributed by atoms with Crippen LogP contribution in [-0.2, 0) is 26.2 Å². The molecule has 1 aromatic carbocycles. The predicted molar refractivity (Wildman–Crippen MR) is 182 cm³/mol. The van der Waals surface area contributed by atoms with Gasteiger partial charge < -0.3 is 30.3 Å². The summed E-state index contributed by atoms with van der Waals surface area (Å²) in [6.45, 7) is 8.74. The second kappa shape index (κ2) is 20.3. The zero-order valence-electron chi connectivity index (χ0n) is 28.7. The first kappa shape index (κ1) is 38.3. The van der Waals surface area contributed by atoms with Crippen LogP contribution < -0.4 is 10.5 Å². The van der Waals surface area contributed by atoms with Crippen molar-refractivity contribution < 1.29 is 29.3 Å². The maximum Gasteiger partial charge on any atom is 0.334 e. The molecule has 8 heteroatoms. The van der Waals surface area contributed by atoms with Crippen LogP contribution >= 0.6 is 0 Å². The smallest absolute Gasteiger partial charge is 0.334 e. The number of ether oxygens (including phenoxy) is 2. The van der Waals surface area contributed by atoms with Gasteiger partial charge in [-0.15, -0.1) is 0 Å². The van der Waals surface area contributed by atoms with Gasteiger partial charge in [0.1, 0.15) is 5.75 Å². The van der Waals surface area contributed by atoms with Gasteiger partial charge in [0.15, 0.2) is 0 Å². The van der Waals surface area contributed by atoms with E-state index in [0.29, 0.717) is 42.2 Å². The van der Waals surface area contributed by atoms with Crippen molar-refractivity contribution in [3.63, 3.8) is 0 Å².